The van der Waals surface area contributed by atoms with Crippen LogP contribution in [0.15, 0.2) is 34.9 Å². The van der Waals surface area contributed by atoms with Crippen LogP contribution >= 0.6 is 15.9 Å². The van der Waals surface area contributed by atoms with E-state index in [-0.39, 0.29) is 5.69 Å². The molecule has 1 fully saturated rings. The number of benzene rings is 1. The summed E-state index contributed by atoms with van der Waals surface area (Å²) in [6.45, 7) is 0.579. The number of alkyl halides is 3. The summed E-state index contributed by atoms with van der Waals surface area (Å²) in [6, 6.07) is 6.33. The molecule has 21 heavy (non-hydrogen) atoms. The van der Waals surface area contributed by atoms with Gasteiger partial charge in [0.05, 0.1) is 16.9 Å². The Hall–Kier alpha value is -1.34. The topological polar surface area (TPSA) is 29.9 Å². The van der Waals surface area contributed by atoms with Gasteiger partial charge in [0.2, 0.25) is 0 Å². The first-order chi connectivity index (χ1) is 9.93. The van der Waals surface area contributed by atoms with Crippen molar-refractivity contribution in [1.82, 2.24) is 15.1 Å². The van der Waals surface area contributed by atoms with Crippen molar-refractivity contribution in [2.45, 2.75) is 31.6 Å². The average Bonchev–Trinajstić information content (AvgIpc) is 3.13. The van der Waals surface area contributed by atoms with Gasteiger partial charge in [-0.05, 0) is 37.1 Å². The minimum absolute atomic E-state index is 0.0309. The van der Waals surface area contributed by atoms with E-state index in [4.69, 9.17) is 0 Å². The van der Waals surface area contributed by atoms with Crippen LogP contribution in [-0.2, 0) is 12.7 Å². The molecule has 0 amide bonds. The van der Waals surface area contributed by atoms with Crippen LogP contribution < -0.4 is 5.32 Å². The minimum Gasteiger partial charge on any atom is -0.308 e. The van der Waals surface area contributed by atoms with Crippen molar-refractivity contribution >= 4 is 15.9 Å². The molecule has 3 nitrogen and oxygen atoms in total. The minimum atomic E-state index is -4.42. The van der Waals surface area contributed by atoms with Gasteiger partial charge in [0.25, 0.3) is 0 Å². The molecule has 112 valence electrons. The molecule has 1 N–H and O–H groups in total. The standard InChI is InChI=1S/C14H13BrF3N3/c15-9-1-4-13(12(7-9)14(16,17)18)21-6-5-11(20-21)8-19-10-2-3-10/h1,4-7,10,19H,2-3,8H2. The monoisotopic (exact) mass is 359 g/mol. The Bertz CT molecular complexity index is 647. The zero-order chi connectivity index (χ0) is 15.0. The van der Waals surface area contributed by atoms with E-state index in [1.165, 1.54) is 10.7 Å². The summed E-state index contributed by atoms with van der Waals surface area (Å²) >= 11 is 3.07. The molecule has 0 atom stereocenters. The van der Waals surface area contributed by atoms with Crippen molar-refractivity contribution in [3.63, 3.8) is 0 Å². The number of halogens is 4. The molecule has 1 aromatic heterocycles. The predicted octanol–water partition coefficient (Wildman–Crippen LogP) is 3.91. The van der Waals surface area contributed by atoms with Crippen molar-refractivity contribution in [3.05, 3.63) is 46.2 Å². The number of rotatable bonds is 4. The fraction of sp³-hybridized carbons (Fsp3) is 0.357. The maximum Gasteiger partial charge on any atom is 0.418 e. The highest BCUT2D eigenvalue weighted by atomic mass is 79.9. The van der Waals surface area contributed by atoms with E-state index in [2.05, 4.69) is 26.3 Å². The van der Waals surface area contributed by atoms with Crippen molar-refractivity contribution in [1.29, 1.82) is 0 Å². The Morgan fingerprint density at radius 2 is 2.05 bits per heavy atom. The summed E-state index contributed by atoms with van der Waals surface area (Å²) < 4.78 is 41.0. The Labute approximate surface area is 128 Å². The molecule has 0 aliphatic heterocycles. The lowest BCUT2D eigenvalue weighted by molar-refractivity contribution is -0.137. The third-order valence-electron chi connectivity index (χ3n) is 3.30. The molecule has 7 heteroatoms. The Morgan fingerprint density at radius 3 is 2.71 bits per heavy atom. The van der Waals surface area contributed by atoms with Crippen molar-refractivity contribution in [2.24, 2.45) is 0 Å². The first-order valence-electron chi connectivity index (χ1n) is 6.58. The second-order valence-electron chi connectivity index (χ2n) is 5.07. The van der Waals surface area contributed by atoms with Crippen molar-refractivity contribution < 1.29 is 13.2 Å². The molecule has 0 saturated heterocycles. The van der Waals surface area contributed by atoms with E-state index >= 15 is 0 Å². The third-order valence-corrected chi connectivity index (χ3v) is 3.80. The van der Waals surface area contributed by atoms with Gasteiger partial charge >= 0.3 is 6.18 Å². The van der Waals surface area contributed by atoms with Gasteiger partial charge in [0.15, 0.2) is 0 Å². The fourth-order valence-corrected chi connectivity index (χ4v) is 2.42. The van der Waals surface area contributed by atoms with Crippen LogP contribution in [0.2, 0.25) is 0 Å². The SMILES string of the molecule is FC(F)(F)c1cc(Br)ccc1-n1ccc(CNC2CC2)n1. The Kier molecular flexibility index (Phi) is 3.79. The predicted molar refractivity (Wildman–Crippen MR) is 76.1 cm³/mol. The van der Waals surface area contributed by atoms with E-state index in [0.29, 0.717) is 17.1 Å². The maximum atomic E-state index is 13.1. The van der Waals surface area contributed by atoms with E-state index in [0.717, 1.165) is 24.6 Å². The summed E-state index contributed by atoms with van der Waals surface area (Å²) in [7, 11) is 0. The molecule has 2 aromatic rings. The zero-order valence-electron chi connectivity index (χ0n) is 11.0. The number of nitrogens with zero attached hydrogens (tertiary/aromatic N) is 2. The Balaban J connectivity index is 1.88. The second-order valence-corrected chi connectivity index (χ2v) is 5.98. The first kappa shape index (κ1) is 14.6. The second kappa shape index (κ2) is 5.46. The number of hydrogen-bond acceptors (Lipinski definition) is 2. The summed E-state index contributed by atoms with van der Waals surface area (Å²) in [5.74, 6) is 0. The molecule has 0 spiro atoms. The lowest BCUT2D eigenvalue weighted by Gasteiger charge is -2.13. The van der Waals surface area contributed by atoms with Gasteiger partial charge < -0.3 is 5.32 Å². The highest BCUT2D eigenvalue weighted by molar-refractivity contribution is 9.10. The summed E-state index contributed by atoms with van der Waals surface area (Å²) in [4.78, 5) is 0. The van der Waals surface area contributed by atoms with Crippen LogP contribution in [0.25, 0.3) is 5.69 Å². The largest absolute Gasteiger partial charge is 0.418 e. The van der Waals surface area contributed by atoms with Gasteiger partial charge in [-0.1, -0.05) is 15.9 Å². The third kappa shape index (κ3) is 3.47. The Morgan fingerprint density at radius 1 is 1.29 bits per heavy atom. The molecule has 1 aliphatic carbocycles. The van der Waals surface area contributed by atoms with Gasteiger partial charge in [-0.25, -0.2) is 4.68 Å². The fourth-order valence-electron chi connectivity index (χ4n) is 2.06. The van der Waals surface area contributed by atoms with E-state index in [9.17, 15) is 13.2 Å². The smallest absolute Gasteiger partial charge is 0.308 e. The molecule has 1 saturated carbocycles. The molecular weight excluding hydrogens is 347 g/mol. The summed E-state index contributed by atoms with van der Waals surface area (Å²) in [5.41, 5.74) is 0.0583. The van der Waals surface area contributed by atoms with Crippen LogP contribution in [0.3, 0.4) is 0 Å². The van der Waals surface area contributed by atoms with Gasteiger partial charge in [-0.3, -0.25) is 0 Å². The van der Waals surface area contributed by atoms with Gasteiger partial charge in [-0.15, -0.1) is 0 Å². The van der Waals surface area contributed by atoms with Crippen molar-refractivity contribution in [2.75, 3.05) is 0 Å². The summed E-state index contributed by atoms with van der Waals surface area (Å²) in [5, 5.41) is 7.51. The van der Waals surface area contributed by atoms with E-state index in [1.54, 1.807) is 18.3 Å². The van der Waals surface area contributed by atoms with Crippen LogP contribution in [0.5, 0.6) is 0 Å². The number of nitrogens with one attached hydrogen (secondary N) is 1. The molecule has 1 aromatic carbocycles. The molecular formula is C14H13BrF3N3. The van der Waals surface area contributed by atoms with E-state index in [1.807, 2.05) is 0 Å². The van der Waals surface area contributed by atoms with Gasteiger partial charge in [0, 0.05) is 23.3 Å². The van der Waals surface area contributed by atoms with Crippen molar-refractivity contribution in [3.8, 4) is 5.69 Å². The number of hydrogen-bond donors (Lipinski definition) is 1. The molecule has 0 unspecified atom stereocenters. The molecule has 0 bridgehead atoms. The van der Waals surface area contributed by atoms with Crippen LogP contribution in [0.1, 0.15) is 24.1 Å². The van der Waals surface area contributed by atoms with Gasteiger partial charge in [0.1, 0.15) is 0 Å². The normalized spacial score (nSPS) is 15.4. The van der Waals surface area contributed by atoms with E-state index < -0.39 is 11.7 Å². The lowest BCUT2D eigenvalue weighted by atomic mass is 10.1. The van der Waals surface area contributed by atoms with Crippen LogP contribution in [0, 0.1) is 0 Å². The molecule has 0 radical (unpaired) electrons. The van der Waals surface area contributed by atoms with Crippen LogP contribution in [0.4, 0.5) is 13.2 Å². The highest BCUT2D eigenvalue weighted by Gasteiger charge is 2.34. The molecule has 1 aliphatic rings. The lowest BCUT2D eigenvalue weighted by Crippen LogP contribution is -2.16. The summed E-state index contributed by atoms with van der Waals surface area (Å²) in [6.07, 6.45) is -0.544. The highest BCUT2D eigenvalue weighted by Crippen LogP contribution is 2.35. The first-order valence-corrected chi connectivity index (χ1v) is 7.38. The maximum absolute atomic E-state index is 13.1. The van der Waals surface area contributed by atoms with Crippen LogP contribution in [-0.4, -0.2) is 15.8 Å². The van der Waals surface area contributed by atoms with Gasteiger partial charge in [-0.2, -0.15) is 18.3 Å². The quantitative estimate of drug-likeness (QED) is 0.896. The molecule has 3 rings (SSSR count). The molecule has 1 heterocycles. The average molecular weight is 360 g/mol. The number of aromatic nitrogens is 2. The zero-order valence-corrected chi connectivity index (χ0v) is 12.6.